The Morgan fingerprint density at radius 3 is 2.34 bits per heavy atom. The van der Waals surface area contributed by atoms with Gasteiger partial charge >= 0.3 is 0 Å². The van der Waals surface area contributed by atoms with Crippen LogP contribution < -0.4 is 0 Å². The Hall–Kier alpha value is -4.94. The van der Waals surface area contributed by atoms with E-state index in [0.717, 1.165) is 5.56 Å². The summed E-state index contributed by atoms with van der Waals surface area (Å²) in [6.07, 6.45) is 5.14. The van der Waals surface area contributed by atoms with Gasteiger partial charge in [-0.1, -0.05) is 54.6 Å². The summed E-state index contributed by atoms with van der Waals surface area (Å²) in [6, 6.07) is 22.0. The number of aromatic nitrogens is 1. The van der Waals surface area contributed by atoms with Gasteiger partial charge in [0.1, 0.15) is 23.5 Å². The fraction of sp³-hybridized carbons (Fsp3) is 0. The summed E-state index contributed by atoms with van der Waals surface area (Å²) < 4.78 is 11.5. The zero-order valence-corrected chi connectivity index (χ0v) is 16.6. The highest BCUT2D eigenvalue weighted by Crippen LogP contribution is 2.40. The van der Waals surface area contributed by atoms with Crippen LogP contribution >= 0.6 is 0 Å². The minimum atomic E-state index is -0.272. The van der Waals surface area contributed by atoms with Crippen molar-refractivity contribution in [2.24, 2.45) is 0 Å². The van der Waals surface area contributed by atoms with E-state index in [9.17, 15) is 15.3 Å². The van der Waals surface area contributed by atoms with Crippen molar-refractivity contribution in [2.45, 2.75) is 0 Å². The van der Waals surface area contributed by atoms with Crippen LogP contribution in [0.25, 0.3) is 35.1 Å². The topological polar surface area (TPSA) is 104 Å². The number of fused-ring (bicyclic) bond motifs is 2. The Balaban J connectivity index is 1.52. The summed E-state index contributed by atoms with van der Waals surface area (Å²) in [6.45, 7) is 0. The number of furan rings is 1. The molecule has 150 valence electrons. The van der Waals surface area contributed by atoms with Crippen LogP contribution in [0.15, 0.2) is 80.6 Å². The molecule has 2 aromatic heterocycles. The van der Waals surface area contributed by atoms with Gasteiger partial charge in [0.2, 0.25) is 5.89 Å². The number of allylic oxidation sites excluding steroid dienone is 3. The van der Waals surface area contributed by atoms with Gasteiger partial charge in [0.05, 0.1) is 0 Å². The van der Waals surface area contributed by atoms with E-state index in [1.807, 2.05) is 48.5 Å². The Morgan fingerprint density at radius 1 is 0.906 bits per heavy atom. The molecule has 0 unspecified atom stereocenters. The van der Waals surface area contributed by atoms with Gasteiger partial charge in [0.15, 0.2) is 11.4 Å². The lowest BCUT2D eigenvalue weighted by atomic mass is 9.99. The normalized spacial score (nSPS) is 14.1. The molecule has 2 aromatic carbocycles. The van der Waals surface area contributed by atoms with Gasteiger partial charge in [-0.05, 0) is 23.3 Å². The molecule has 0 bridgehead atoms. The summed E-state index contributed by atoms with van der Waals surface area (Å²) in [7, 11) is 0. The Labute approximate surface area is 182 Å². The van der Waals surface area contributed by atoms with E-state index < -0.39 is 0 Å². The number of benzene rings is 2. The van der Waals surface area contributed by atoms with Gasteiger partial charge in [-0.25, -0.2) is 0 Å². The van der Waals surface area contributed by atoms with Crippen molar-refractivity contribution in [2.75, 3.05) is 0 Å². The molecule has 0 amide bonds. The van der Waals surface area contributed by atoms with Crippen molar-refractivity contribution in [3.05, 3.63) is 100 Å². The molecular weight excluding hydrogens is 402 g/mol. The highest BCUT2D eigenvalue weighted by Gasteiger charge is 2.32. The Kier molecular flexibility index (Phi) is 4.59. The molecule has 0 aliphatic heterocycles. The first-order valence-corrected chi connectivity index (χ1v) is 9.72. The Bertz CT molecular complexity index is 1500. The van der Waals surface area contributed by atoms with Crippen LogP contribution in [-0.4, -0.2) is 10.8 Å². The quantitative estimate of drug-likeness (QED) is 0.315. The SMILES string of the molecule is N#CC(C#N)=C1/C(=C/c2cc3oc(/C=C/c4ccccc4)nc3o2)C(=O)c2ccccc21. The molecule has 2 heterocycles. The minimum absolute atomic E-state index is 0.128. The van der Waals surface area contributed by atoms with E-state index >= 15 is 0 Å². The van der Waals surface area contributed by atoms with E-state index in [-0.39, 0.29) is 16.9 Å². The third-order valence-electron chi connectivity index (χ3n) is 5.06. The van der Waals surface area contributed by atoms with Crippen molar-refractivity contribution in [3.63, 3.8) is 0 Å². The highest BCUT2D eigenvalue weighted by molar-refractivity contribution is 6.29. The number of ketones is 1. The maximum atomic E-state index is 13.0. The monoisotopic (exact) mass is 415 g/mol. The van der Waals surface area contributed by atoms with Crippen LogP contribution in [0.4, 0.5) is 0 Å². The number of Topliss-reactive ketones (excluding diaryl/α,β-unsaturated/α-hetero) is 1. The van der Waals surface area contributed by atoms with Gasteiger partial charge < -0.3 is 8.83 Å². The van der Waals surface area contributed by atoms with Gasteiger partial charge in [0, 0.05) is 28.9 Å². The third kappa shape index (κ3) is 3.23. The molecule has 0 atom stereocenters. The number of hydrogen-bond acceptors (Lipinski definition) is 6. The summed E-state index contributed by atoms with van der Waals surface area (Å²) >= 11 is 0. The molecule has 5 rings (SSSR count). The second-order valence-corrected chi connectivity index (χ2v) is 7.02. The molecule has 0 fully saturated rings. The molecule has 6 heteroatoms. The average Bonchev–Trinajstić information content (AvgIpc) is 3.46. The van der Waals surface area contributed by atoms with E-state index in [0.29, 0.717) is 39.6 Å². The van der Waals surface area contributed by atoms with Crippen LogP contribution in [-0.2, 0) is 0 Å². The largest absolute Gasteiger partial charge is 0.436 e. The maximum Gasteiger partial charge on any atom is 0.266 e. The van der Waals surface area contributed by atoms with Gasteiger partial charge in [-0.2, -0.15) is 15.5 Å². The van der Waals surface area contributed by atoms with E-state index in [2.05, 4.69) is 4.98 Å². The molecule has 0 N–H and O–H groups in total. The van der Waals surface area contributed by atoms with E-state index in [4.69, 9.17) is 8.83 Å². The first kappa shape index (κ1) is 19.0. The summed E-state index contributed by atoms with van der Waals surface area (Å²) in [5, 5.41) is 18.8. The van der Waals surface area contributed by atoms with Crippen molar-refractivity contribution in [1.82, 2.24) is 4.98 Å². The summed E-state index contributed by atoms with van der Waals surface area (Å²) in [5.74, 6) is 0.461. The fourth-order valence-electron chi connectivity index (χ4n) is 3.63. The van der Waals surface area contributed by atoms with Crippen molar-refractivity contribution in [3.8, 4) is 12.1 Å². The number of carbonyl (C=O) groups is 1. The predicted molar refractivity (Wildman–Crippen MR) is 119 cm³/mol. The molecular formula is C26H13N3O3. The van der Waals surface area contributed by atoms with Crippen LogP contribution in [0.2, 0.25) is 0 Å². The minimum Gasteiger partial charge on any atom is -0.436 e. The van der Waals surface area contributed by atoms with Crippen LogP contribution in [0.1, 0.15) is 33.1 Å². The second-order valence-electron chi connectivity index (χ2n) is 7.02. The van der Waals surface area contributed by atoms with Gasteiger partial charge in [-0.15, -0.1) is 0 Å². The summed E-state index contributed by atoms with van der Waals surface area (Å²) in [4.78, 5) is 17.3. The molecule has 0 radical (unpaired) electrons. The average molecular weight is 415 g/mol. The number of oxazole rings is 1. The van der Waals surface area contributed by atoms with Gasteiger partial charge in [-0.3, -0.25) is 4.79 Å². The predicted octanol–water partition coefficient (Wildman–Crippen LogP) is 5.67. The van der Waals surface area contributed by atoms with E-state index in [1.54, 1.807) is 36.4 Å². The van der Waals surface area contributed by atoms with Crippen LogP contribution in [0, 0.1) is 22.7 Å². The second kappa shape index (κ2) is 7.71. The molecule has 0 spiro atoms. The lowest BCUT2D eigenvalue weighted by molar-refractivity contribution is 0.104. The zero-order chi connectivity index (χ0) is 22.1. The molecule has 1 aliphatic rings. The zero-order valence-electron chi connectivity index (χ0n) is 16.6. The number of rotatable bonds is 3. The molecule has 4 aromatic rings. The fourth-order valence-corrected chi connectivity index (χ4v) is 3.63. The number of carbonyl (C=O) groups excluding carboxylic acids is 1. The van der Waals surface area contributed by atoms with Crippen molar-refractivity contribution >= 4 is 40.9 Å². The molecule has 6 nitrogen and oxygen atoms in total. The number of nitriles is 2. The third-order valence-corrected chi connectivity index (χ3v) is 5.06. The van der Waals surface area contributed by atoms with E-state index in [1.165, 1.54) is 6.08 Å². The lowest BCUT2D eigenvalue weighted by Crippen LogP contribution is -1.95. The standard InChI is InChI=1S/C26H13N3O3/c27-14-17(15-28)24-19-8-4-5-9-20(19)25(30)21(24)12-18-13-22-26(31-18)29-23(32-22)11-10-16-6-2-1-3-7-16/h1-13H/b11-10+,21-12-. The first-order valence-electron chi connectivity index (χ1n) is 9.72. The lowest BCUT2D eigenvalue weighted by Gasteiger charge is -2.00. The molecule has 32 heavy (non-hydrogen) atoms. The van der Waals surface area contributed by atoms with Crippen LogP contribution in [0.3, 0.4) is 0 Å². The van der Waals surface area contributed by atoms with Gasteiger partial charge in [0.25, 0.3) is 5.71 Å². The molecule has 0 saturated heterocycles. The molecule has 1 aliphatic carbocycles. The first-order chi connectivity index (χ1) is 15.7. The highest BCUT2D eigenvalue weighted by atomic mass is 16.4. The molecule has 0 saturated carbocycles. The van der Waals surface area contributed by atoms with Crippen LogP contribution in [0.5, 0.6) is 0 Å². The maximum absolute atomic E-state index is 13.0. The number of nitrogens with zero attached hydrogens (tertiary/aromatic N) is 3. The smallest absolute Gasteiger partial charge is 0.266 e. The Morgan fingerprint density at radius 2 is 1.62 bits per heavy atom. The van der Waals surface area contributed by atoms with Crippen molar-refractivity contribution in [1.29, 1.82) is 10.5 Å². The summed E-state index contributed by atoms with van der Waals surface area (Å²) in [5.41, 5.74) is 3.14. The van der Waals surface area contributed by atoms with Crippen molar-refractivity contribution < 1.29 is 13.6 Å². The number of hydrogen-bond donors (Lipinski definition) is 0.